The molecule has 2 aromatic rings. The maximum absolute atomic E-state index is 6.27. The van der Waals surface area contributed by atoms with Crippen LogP contribution in [0.4, 0.5) is 0 Å². The van der Waals surface area contributed by atoms with E-state index in [-0.39, 0.29) is 21.2 Å². The van der Waals surface area contributed by atoms with E-state index in [0.717, 1.165) is 11.5 Å². The van der Waals surface area contributed by atoms with Crippen molar-refractivity contribution in [2.24, 2.45) is 0 Å². The minimum atomic E-state index is 0.0975. The fourth-order valence-corrected chi connectivity index (χ4v) is 8.92. The van der Waals surface area contributed by atoms with Gasteiger partial charge in [-0.15, -0.1) is 0 Å². The molecule has 0 saturated carbocycles. The first-order valence-corrected chi connectivity index (χ1v) is 13.0. The zero-order valence-corrected chi connectivity index (χ0v) is 20.5. The predicted molar refractivity (Wildman–Crippen MR) is 115 cm³/mol. The molecule has 3 rings (SSSR count). The van der Waals surface area contributed by atoms with Crippen molar-refractivity contribution in [3.63, 3.8) is 0 Å². The number of hydrogen-bond donors (Lipinski definition) is 0. The molecule has 1 aliphatic rings. The van der Waals surface area contributed by atoms with E-state index < -0.39 is 0 Å². The van der Waals surface area contributed by atoms with Crippen molar-refractivity contribution >= 4 is 22.6 Å². The average Bonchev–Trinajstić information content (AvgIpc) is 3.11. The second-order valence-electron chi connectivity index (χ2n) is 7.11. The molecule has 0 aliphatic heterocycles. The van der Waals surface area contributed by atoms with Crippen molar-refractivity contribution in [3.05, 3.63) is 70.3 Å². The van der Waals surface area contributed by atoms with Crippen LogP contribution in [0.15, 0.2) is 53.6 Å². The first-order chi connectivity index (χ1) is 12.4. The molecule has 0 heterocycles. The van der Waals surface area contributed by atoms with Crippen LogP contribution in [0.2, 0.25) is 0 Å². The summed E-state index contributed by atoms with van der Waals surface area (Å²) in [5, 5.41) is 0. The second kappa shape index (κ2) is 8.21. The van der Waals surface area contributed by atoms with E-state index in [0.29, 0.717) is 7.35 Å². The van der Waals surface area contributed by atoms with Gasteiger partial charge in [-0.1, -0.05) is 0 Å². The van der Waals surface area contributed by atoms with E-state index in [4.69, 9.17) is 4.74 Å². The van der Waals surface area contributed by atoms with Gasteiger partial charge in [0, 0.05) is 0 Å². The van der Waals surface area contributed by atoms with Crippen molar-refractivity contribution in [3.8, 4) is 11.5 Å². The van der Waals surface area contributed by atoms with E-state index in [1.165, 1.54) is 27.5 Å². The van der Waals surface area contributed by atoms with Crippen LogP contribution in [0.5, 0.6) is 11.5 Å². The third-order valence-electron chi connectivity index (χ3n) is 5.36. The normalized spacial score (nSPS) is 20.4. The number of benzene rings is 2. The number of allylic oxidation sites excluding steroid dienone is 2. The number of halogens is 2. The zero-order valence-electron chi connectivity index (χ0n) is 16.2. The van der Waals surface area contributed by atoms with Crippen molar-refractivity contribution in [1.82, 2.24) is 0 Å². The van der Waals surface area contributed by atoms with Crippen LogP contribution in [0.3, 0.4) is 0 Å². The Kier molecular flexibility index (Phi) is 6.37. The number of ether oxygens (including phenoxy) is 1. The summed E-state index contributed by atoms with van der Waals surface area (Å²) in [6.45, 7) is 11.4. The van der Waals surface area contributed by atoms with Crippen molar-refractivity contribution < 1.29 is 25.9 Å². The molecule has 2 atom stereocenters. The standard InChI is InChI=1S/C23H27I2O/c1-6-21(25-14-20-17(4)23(20,5)24)19-13-12-15(2)22(16(19)3)26-18-10-8-7-9-11-18/h7-13,21H,6,14H2,1-5H3/q-1. The summed E-state index contributed by atoms with van der Waals surface area (Å²) in [7, 11) is 0. The Bertz CT molecular complexity index is 822. The summed E-state index contributed by atoms with van der Waals surface area (Å²) in [5.74, 6) is 1.95. The molecule has 0 radical (unpaired) electrons. The van der Waals surface area contributed by atoms with Gasteiger partial charge in [-0.3, -0.25) is 0 Å². The molecule has 1 nitrogen and oxygen atoms in total. The van der Waals surface area contributed by atoms with Crippen LogP contribution in [-0.2, 0) is 0 Å². The van der Waals surface area contributed by atoms with E-state index in [2.05, 4.69) is 69.3 Å². The molecule has 0 fully saturated rings. The first-order valence-electron chi connectivity index (χ1n) is 9.16. The summed E-state index contributed by atoms with van der Waals surface area (Å²) in [4.78, 5) is 0. The summed E-state index contributed by atoms with van der Waals surface area (Å²) < 4.78 is 8.66. The van der Waals surface area contributed by atoms with Gasteiger partial charge < -0.3 is 0 Å². The molecule has 140 valence electrons. The fourth-order valence-electron chi connectivity index (χ4n) is 3.33. The minimum absolute atomic E-state index is 0.0975. The Labute approximate surface area is 182 Å². The van der Waals surface area contributed by atoms with Gasteiger partial charge in [0.15, 0.2) is 0 Å². The van der Waals surface area contributed by atoms with Gasteiger partial charge in [-0.2, -0.15) is 0 Å². The molecular weight excluding hydrogens is 546 g/mol. The van der Waals surface area contributed by atoms with Crippen molar-refractivity contribution in [2.45, 2.75) is 48.4 Å². The Morgan fingerprint density at radius 3 is 2.31 bits per heavy atom. The van der Waals surface area contributed by atoms with Gasteiger partial charge in [-0.25, -0.2) is 0 Å². The van der Waals surface area contributed by atoms with Crippen LogP contribution < -0.4 is 25.9 Å². The van der Waals surface area contributed by atoms with E-state index in [9.17, 15) is 0 Å². The molecule has 2 unspecified atom stereocenters. The fraction of sp³-hybridized carbons (Fsp3) is 0.391. The van der Waals surface area contributed by atoms with Gasteiger partial charge in [-0.05, 0) is 0 Å². The van der Waals surface area contributed by atoms with E-state index >= 15 is 0 Å². The number of aryl methyl sites for hydroxylation is 1. The molecule has 0 N–H and O–H groups in total. The van der Waals surface area contributed by atoms with Gasteiger partial charge in [0.2, 0.25) is 0 Å². The van der Waals surface area contributed by atoms with E-state index in [1.807, 2.05) is 30.3 Å². The number of rotatable bonds is 7. The third kappa shape index (κ3) is 4.13. The quantitative estimate of drug-likeness (QED) is 0.275. The Balaban J connectivity index is 1.81. The van der Waals surface area contributed by atoms with Crippen LogP contribution >= 0.6 is 22.6 Å². The van der Waals surface area contributed by atoms with E-state index in [1.54, 1.807) is 11.1 Å². The van der Waals surface area contributed by atoms with Crippen LogP contribution in [0, 0.1) is 13.8 Å². The van der Waals surface area contributed by atoms with Gasteiger partial charge in [0.05, 0.1) is 0 Å². The molecule has 2 aromatic carbocycles. The van der Waals surface area contributed by atoms with Gasteiger partial charge in [0.25, 0.3) is 0 Å². The summed E-state index contributed by atoms with van der Waals surface area (Å²) in [6.07, 6.45) is 1.21. The Morgan fingerprint density at radius 1 is 1.08 bits per heavy atom. The zero-order chi connectivity index (χ0) is 18.9. The first kappa shape index (κ1) is 20.2. The molecule has 3 heteroatoms. The van der Waals surface area contributed by atoms with Crippen LogP contribution in [0.25, 0.3) is 0 Å². The predicted octanol–water partition coefficient (Wildman–Crippen LogP) is 4.16. The molecule has 0 aromatic heterocycles. The Morgan fingerprint density at radius 2 is 1.73 bits per heavy atom. The topological polar surface area (TPSA) is 9.23 Å². The SMILES string of the molecule is CCC([I-]CC1=C(C)C1(C)I)c1ccc(C)c(Oc2ccccc2)c1C. The third-order valence-corrected chi connectivity index (χ3v) is 10.6. The van der Waals surface area contributed by atoms with Crippen molar-refractivity contribution in [1.29, 1.82) is 0 Å². The molecule has 0 saturated heterocycles. The Hall–Kier alpha value is -0.560. The summed E-state index contributed by atoms with van der Waals surface area (Å²) in [5.41, 5.74) is 7.34. The molecular formula is C23H27I2O-. The number of alkyl halides is 3. The molecule has 0 amide bonds. The van der Waals surface area contributed by atoms with Gasteiger partial charge in [0.1, 0.15) is 0 Å². The maximum atomic E-state index is 6.27. The molecule has 26 heavy (non-hydrogen) atoms. The van der Waals surface area contributed by atoms with Crippen LogP contribution in [0.1, 0.15) is 47.8 Å². The molecule has 0 spiro atoms. The molecule has 0 bridgehead atoms. The van der Waals surface area contributed by atoms with Crippen molar-refractivity contribution in [2.75, 3.05) is 4.43 Å². The number of para-hydroxylation sites is 1. The number of hydrogen-bond acceptors (Lipinski definition) is 1. The second-order valence-corrected chi connectivity index (χ2v) is 12.4. The van der Waals surface area contributed by atoms with Gasteiger partial charge >= 0.3 is 183 Å². The summed E-state index contributed by atoms with van der Waals surface area (Å²) >= 11 is 2.70. The molecule has 1 aliphatic carbocycles. The van der Waals surface area contributed by atoms with Crippen LogP contribution in [-0.4, -0.2) is 7.85 Å². The summed E-state index contributed by atoms with van der Waals surface area (Å²) in [6, 6.07) is 14.7. The average molecular weight is 573 g/mol. The monoisotopic (exact) mass is 573 g/mol.